The van der Waals surface area contributed by atoms with Crippen LogP contribution in [0.1, 0.15) is 41.6 Å². The van der Waals surface area contributed by atoms with Crippen LogP contribution >= 0.6 is 0 Å². The van der Waals surface area contributed by atoms with E-state index in [2.05, 4.69) is 4.98 Å². The summed E-state index contributed by atoms with van der Waals surface area (Å²) in [6.07, 6.45) is 4.93. The number of benzene rings is 1. The van der Waals surface area contributed by atoms with Crippen LogP contribution in [-0.4, -0.2) is 59.3 Å². The van der Waals surface area contributed by atoms with Crippen LogP contribution in [0.5, 0.6) is 0 Å². The molecule has 0 saturated carbocycles. The predicted octanol–water partition coefficient (Wildman–Crippen LogP) is 2.95. The number of rotatable bonds is 4. The molecule has 152 valence electrons. The van der Waals surface area contributed by atoms with Crippen LogP contribution in [-0.2, 0) is 11.3 Å². The largest absolute Gasteiger partial charge is 0.362 e. The fourth-order valence-corrected chi connectivity index (χ4v) is 4.74. The lowest BCUT2D eigenvalue weighted by Gasteiger charge is -2.44. The lowest BCUT2D eigenvalue weighted by Crippen LogP contribution is -2.61. The lowest BCUT2D eigenvalue weighted by atomic mass is 9.84. The Morgan fingerprint density at radius 1 is 1.07 bits per heavy atom. The van der Waals surface area contributed by atoms with Gasteiger partial charge in [-0.15, -0.1) is 0 Å². The average molecular weight is 393 g/mol. The molecule has 2 aromatic rings. The summed E-state index contributed by atoms with van der Waals surface area (Å²) in [5.74, 6) is 0.645. The SMILES string of the molecule is CN(C)c1ncccc1C(=O)N1CCCC12CCCN(Cc1ccccc1)C2=O. The van der Waals surface area contributed by atoms with Gasteiger partial charge in [0, 0.05) is 39.9 Å². The fourth-order valence-electron chi connectivity index (χ4n) is 4.74. The van der Waals surface area contributed by atoms with Gasteiger partial charge in [0.05, 0.1) is 5.56 Å². The molecule has 0 aliphatic carbocycles. The molecule has 2 saturated heterocycles. The highest BCUT2D eigenvalue weighted by Gasteiger charge is 2.53. The number of amides is 2. The first-order valence-electron chi connectivity index (χ1n) is 10.3. The van der Waals surface area contributed by atoms with E-state index in [1.165, 1.54) is 0 Å². The van der Waals surface area contributed by atoms with E-state index >= 15 is 0 Å². The minimum Gasteiger partial charge on any atom is -0.362 e. The van der Waals surface area contributed by atoms with Gasteiger partial charge in [-0.05, 0) is 43.4 Å². The van der Waals surface area contributed by atoms with Crippen molar-refractivity contribution in [2.75, 3.05) is 32.1 Å². The van der Waals surface area contributed by atoms with Gasteiger partial charge in [0.2, 0.25) is 5.91 Å². The van der Waals surface area contributed by atoms with Crippen molar-refractivity contribution in [1.82, 2.24) is 14.8 Å². The van der Waals surface area contributed by atoms with Crippen LogP contribution in [0.15, 0.2) is 48.7 Å². The van der Waals surface area contributed by atoms with E-state index in [0.29, 0.717) is 24.5 Å². The van der Waals surface area contributed by atoms with Gasteiger partial charge in [-0.1, -0.05) is 30.3 Å². The number of anilines is 1. The summed E-state index contributed by atoms with van der Waals surface area (Å²) in [7, 11) is 3.76. The third-order valence-electron chi connectivity index (χ3n) is 6.09. The third-order valence-corrected chi connectivity index (χ3v) is 6.09. The maximum absolute atomic E-state index is 13.6. The monoisotopic (exact) mass is 392 g/mol. The quantitative estimate of drug-likeness (QED) is 0.803. The van der Waals surface area contributed by atoms with Crippen molar-refractivity contribution in [2.24, 2.45) is 0 Å². The Balaban J connectivity index is 1.62. The van der Waals surface area contributed by atoms with Gasteiger partial charge >= 0.3 is 0 Å². The lowest BCUT2D eigenvalue weighted by molar-refractivity contribution is -0.146. The number of hydrogen-bond acceptors (Lipinski definition) is 4. The topological polar surface area (TPSA) is 56.8 Å². The van der Waals surface area contributed by atoms with Gasteiger partial charge in [-0.2, -0.15) is 0 Å². The van der Waals surface area contributed by atoms with Gasteiger partial charge in [-0.25, -0.2) is 4.98 Å². The van der Waals surface area contributed by atoms with Crippen molar-refractivity contribution in [1.29, 1.82) is 0 Å². The van der Waals surface area contributed by atoms with Gasteiger partial charge in [0.1, 0.15) is 11.4 Å². The summed E-state index contributed by atoms with van der Waals surface area (Å²) < 4.78 is 0. The third kappa shape index (κ3) is 3.48. The van der Waals surface area contributed by atoms with Gasteiger partial charge in [0.15, 0.2) is 0 Å². The number of pyridine rings is 1. The molecule has 3 heterocycles. The number of aromatic nitrogens is 1. The molecule has 6 nitrogen and oxygen atoms in total. The average Bonchev–Trinajstić information content (AvgIpc) is 3.16. The smallest absolute Gasteiger partial charge is 0.258 e. The van der Waals surface area contributed by atoms with E-state index in [1.807, 2.05) is 65.2 Å². The Morgan fingerprint density at radius 3 is 2.52 bits per heavy atom. The molecule has 1 aromatic carbocycles. The molecule has 2 aliphatic heterocycles. The normalized spacial score (nSPS) is 21.7. The summed E-state index contributed by atoms with van der Waals surface area (Å²) in [6.45, 7) is 1.96. The number of nitrogens with zero attached hydrogens (tertiary/aromatic N) is 4. The van der Waals surface area contributed by atoms with Crippen molar-refractivity contribution < 1.29 is 9.59 Å². The predicted molar refractivity (Wildman–Crippen MR) is 113 cm³/mol. The van der Waals surface area contributed by atoms with Gasteiger partial charge in [-0.3, -0.25) is 9.59 Å². The van der Waals surface area contributed by atoms with Crippen LogP contribution in [0, 0.1) is 0 Å². The minimum absolute atomic E-state index is 0.0887. The Bertz CT molecular complexity index is 899. The number of piperidine rings is 1. The number of carbonyl (C=O) groups is 2. The second kappa shape index (κ2) is 7.85. The molecule has 1 unspecified atom stereocenters. The molecular formula is C23H28N4O2. The molecule has 1 spiro atoms. The summed E-state index contributed by atoms with van der Waals surface area (Å²) in [5, 5.41) is 0. The molecule has 29 heavy (non-hydrogen) atoms. The number of likely N-dealkylation sites (tertiary alicyclic amines) is 2. The zero-order valence-corrected chi connectivity index (χ0v) is 17.2. The van der Waals surface area contributed by atoms with E-state index in [9.17, 15) is 9.59 Å². The summed E-state index contributed by atoms with van der Waals surface area (Å²) in [5.41, 5.74) is 0.964. The van der Waals surface area contributed by atoms with E-state index in [1.54, 1.807) is 12.3 Å². The molecule has 2 aliphatic rings. The first kappa shape index (κ1) is 19.4. The van der Waals surface area contributed by atoms with Crippen molar-refractivity contribution in [3.8, 4) is 0 Å². The van der Waals surface area contributed by atoms with Crippen molar-refractivity contribution in [3.05, 3.63) is 59.8 Å². The standard InChI is InChI=1S/C23H28N4O2/c1-25(2)20-19(11-6-14-24-20)21(28)27-16-8-13-23(27)12-7-15-26(22(23)29)17-18-9-4-3-5-10-18/h3-6,9-11,14H,7-8,12-13,15-17H2,1-2H3. The van der Waals surface area contributed by atoms with Crippen molar-refractivity contribution >= 4 is 17.6 Å². The second-order valence-electron chi connectivity index (χ2n) is 8.18. The zero-order chi connectivity index (χ0) is 20.4. The molecule has 0 radical (unpaired) electrons. The molecular weight excluding hydrogens is 364 g/mol. The first-order valence-corrected chi connectivity index (χ1v) is 10.3. The maximum Gasteiger partial charge on any atom is 0.258 e. The first-order chi connectivity index (χ1) is 14.0. The Labute approximate surface area is 172 Å². The summed E-state index contributed by atoms with van der Waals surface area (Å²) in [4.78, 5) is 37.2. The highest BCUT2D eigenvalue weighted by molar-refractivity contribution is 6.03. The molecule has 1 atom stereocenters. The maximum atomic E-state index is 13.6. The molecule has 2 fully saturated rings. The van der Waals surface area contributed by atoms with E-state index < -0.39 is 5.54 Å². The van der Waals surface area contributed by atoms with E-state index in [0.717, 1.165) is 37.8 Å². The second-order valence-corrected chi connectivity index (χ2v) is 8.18. The zero-order valence-electron chi connectivity index (χ0n) is 17.2. The van der Waals surface area contributed by atoms with Crippen molar-refractivity contribution in [2.45, 2.75) is 37.8 Å². The van der Waals surface area contributed by atoms with Crippen LogP contribution in [0.25, 0.3) is 0 Å². The van der Waals surface area contributed by atoms with E-state index in [4.69, 9.17) is 0 Å². The van der Waals surface area contributed by atoms with Gasteiger partial charge in [0.25, 0.3) is 5.91 Å². The Morgan fingerprint density at radius 2 is 1.79 bits per heavy atom. The van der Waals surface area contributed by atoms with Crippen molar-refractivity contribution in [3.63, 3.8) is 0 Å². The minimum atomic E-state index is -0.719. The summed E-state index contributed by atoms with van der Waals surface area (Å²) >= 11 is 0. The molecule has 0 N–H and O–H groups in total. The van der Waals surface area contributed by atoms with Crippen LogP contribution in [0.4, 0.5) is 5.82 Å². The number of hydrogen-bond donors (Lipinski definition) is 0. The molecule has 1 aromatic heterocycles. The highest BCUT2D eigenvalue weighted by atomic mass is 16.2. The molecule has 4 rings (SSSR count). The fraction of sp³-hybridized carbons (Fsp3) is 0.435. The van der Waals surface area contributed by atoms with Crippen LogP contribution in [0.3, 0.4) is 0 Å². The van der Waals surface area contributed by atoms with Crippen LogP contribution in [0.2, 0.25) is 0 Å². The Hall–Kier alpha value is -2.89. The van der Waals surface area contributed by atoms with Gasteiger partial charge < -0.3 is 14.7 Å². The summed E-state index contributed by atoms with van der Waals surface area (Å²) in [6, 6.07) is 13.7. The molecule has 0 bridgehead atoms. The van der Waals surface area contributed by atoms with E-state index in [-0.39, 0.29) is 11.8 Å². The Kier molecular flexibility index (Phi) is 5.26. The van der Waals surface area contributed by atoms with Crippen LogP contribution < -0.4 is 4.90 Å². The highest BCUT2D eigenvalue weighted by Crippen LogP contribution is 2.40. The number of carbonyl (C=O) groups excluding carboxylic acids is 2. The molecule has 6 heteroatoms. The molecule has 2 amide bonds.